The number of hydrogen-bond donors (Lipinski definition) is 1. The molecule has 2 saturated carbocycles. The Kier molecular flexibility index (Phi) is 3.95. The van der Waals surface area contributed by atoms with Crippen LogP contribution in [0.25, 0.3) is 0 Å². The van der Waals surface area contributed by atoms with E-state index in [1.807, 2.05) is 0 Å². The van der Waals surface area contributed by atoms with Gasteiger partial charge in [-0.05, 0) is 68.9 Å². The lowest BCUT2D eigenvalue weighted by atomic mass is 9.80. The van der Waals surface area contributed by atoms with Crippen LogP contribution in [-0.2, 0) is 0 Å². The molecule has 0 aromatic carbocycles. The SMILES string of the molecule is CC1CCN(C2CCCC(C3CC3)C2)CC1CN. The van der Waals surface area contributed by atoms with E-state index in [1.165, 1.54) is 58.0 Å². The predicted molar refractivity (Wildman–Crippen MR) is 76.4 cm³/mol. The molecule has 0 spiro atoms. The molecule has 0 aromatic rings. The molecule has 1 heterocycles. The minimum atomic E-state index is 0.750. The third kappa shape index (κ3) is 2.75. The van der Waals surface area contributed by atoms with Crippen LogP contribution in [0.3, 0.4) is 0 Å². The van der Waals surface area contributed by atoms with E-state index in [1.54, 1.807) is 0 Å². The molecule has 4 unspecified atom stereocenters. The van der Waals surface area contributed by atoms with Gasteiger partial charge >= 0.3 is 0 Å². The van der Waals surface area contributed by atoms with Crippen molar-refractivity contribution < 1.29 is 0 Å². The largest absolute Gasteiger partial charge is 0.330 e. The van der Waals surface area contributed by atoms with Crippen molar-refractivity contribution in [2.75, 3.05) is 19.6 Å². The highest BCUT2D eigenvalue weighted by molar-refractivity contribution is 4.91. The van der Waals surface area contributed by atoms with E-state index in [0.717, 1.165) is 36.3 Å². The van der Waals surface area contributed by atoms with Gasteiger partial charge in [-0.25, -0.2) is 0 Å². The topological polar surface area (TPSA) is 29.3 Å². The van der Waals surface area contributed by atoms with Crippen molar-refractivity contribution in [1.29, 1.82) is 0 Å². The highest BCUT2D eigenvalue weighted by Gasteiger charge is 2.37. The van der Waals surface area contributed by atoms with Crippen LogP contribution in [0.1, 0.15) is 51.9 Å². The smallest absolute Gasteiger partial charge is 0.00981 e. The van der Waals surface area contributed by atoms with Crippen molar-refractivity contribution in [3.8, 4) is 0 Å². The lowest BCUT2D eigenvalue weighted by Crippen LogP contribution is -2.48. The maximum Gasteiger partial charge on any atom is 0.00981 e. The van der Waals surface area contributed by atoms with E-state index in [2.05, 4.69) is 11.8 Å². The molecule has 2 aliphatic carbocycles. The zero-order valence-corrected chi connectivity index (χ0v) is 12.0. The summed E-state index contributed by atoms with van der Waals surface area (Å²) in [6, 6.07) is 0.894. The van der Waals surface area contributed by atoms with E-state index < -0.39 is 0 Å². The van der Waals surface area contributed by atoms with E-state index in [4.69, 9.17) is 5.73 Å². The number of likely N-dealkylation sites (tertiary alicyclic amines) is 1. The summed E-state index contributed by atoms with van der Waals surface area (Å²) in [6.07, 6.45) is 10.4. The molecule has 0 bridgehead atoms. The van der Waals surface area contributed by atoms with E-state index >= 15 is 0 Å². The third-order valence-electron chi connectivity index (χ3n) is 5.94. The van der Waals surface area contributed by atoms with Gasteiger partial charge in [0.1, 0.15) is 0 Å². The number of piperidine rings is 1. The van der Waals surface area contributed by atoms with Crippen molar-refractivity contribution in [2.45, 2.75) is 57.9 Å². The second kappa shape index (κ2) is 5.50. The van der Waals surface area contributed by atoms with Crippen molar-refractivity contribution in [3.05, 3.63) is 0 Å². The van der Waals surface area contributed by atoms with Gasteiger partial charge in [0.2, 0.25) is 0 Å². The first kappa shape index (κ1) is 12.9. The molecule has 2 N–H and O–H groups in total. The van der Waals surface area contributed by atoms with Gasteiger partial charge in [-0.1, -0.05) is 19.8 Å². The molecule has 0 aromatic heterocycles. The van der Waals surface area contributed by atoms with Gasteiger partial charge in [0.25, 0.3) is 0 Å². The molecule has 4 atom stereocenters. The second-order valence-electron chi connectivity index (χ2n) is 7.17. The Morgan fingerprint density at radius 1 is 1.06 bits per heavy atom. The number of hydrogen-bond acceptors (Lipinski definition) is 2. The van der Waals surface area contributed by atoms with Crippen LogP contribution in [0.2, 0.25) is 0 Å². The average Bonchev–Trinajstić information content (AvgIpc) is 3.24. The summed E-state index contributed by atoms with van der Waals surface area (Å²) in [7, 11) is 0. The summed E-state index contributed by atoms with van der Waals surface area (Å²) in [5.74, 6) is 3.77. The van der Waals surface area contributed by atoms with E-state index in [0.29, 0.717) is 0 Å². The van der Waals surface area contributed by atoms with Crippen LogP contribution in [0.5, 0.6) is 0 Å². The first-order valence-electron chi connectivity index (χ1n) is 8.22. The Balaban J connectivity index is 1.56. The zero-order chi connectivity index (χ0) is 12.5. The lowest BCUT2D eigenvalue weighted by molar-refractivity contribution is 0.0573. The summed E-state index contributed by atoms with van der Waals surface area (Å²) in [5.41, 5.74) is 5.94. The minimum absolute atomic E-state index is 0.750. The number of nitrogens with zero attached hydrogens (tertiary/aromatic N) is 1. The molecule has 1 aliphatic heterocycles. The molecule has 3 aliphatic rings. The van der Waals surface area contributed by atoms with Crippen LogP contribution in [-0.4, -0.2) is 30.6 Å². The van der Waals surface area contributed by atoms with Gasteiger partial charge in [-0.2, -0.15) is 0 Å². The van der Waals surface area contributed by atoms with Gasteiger partial charge in [0.05, 0.1) is 0 Å². The van der Waals surface area contributed by atoms with Crippen LogP contribution >= 0.6 is 0 Å². The molecule has 0 amide bonds. The summed E-state index contributed by atoms with van der Waals surface area (Å²) >= 11 is 0. The normalized spacial score (nSPS) is 43.0. The van der Waals surface area contributed by atoms with Crippen molar-refractivity contribution in [1.82, 2.24) is 4.90 Å². The summed E-state index contributed by atoms with van der Waals surface area (Å²) in [5, 5.41) is 0. The van der Waals surface area contributed by atoms with Gasteiger partial charge in [-0.3, -0.25) is 0 Å². The lowest BCUT2D eigenvalue weighted by Gasteiger charge is -2.44. The fraction of sp³-hybridized carbons (Fsp3) is 1.00. The summed E-state index contributed by atoms with van der Waals surface area (Å²) in [4.78, 5) is 2.80. The Morgan fingerprint density at radius 3 is 2.61 bits per heavy atom. The minimum Gasteiger partial charge on any atom is -0.330 e. The van der Waals surface area contributed by atoms with Crippen LogP contribution in [0.15, 0.2) is 0 Å². The molecular weight excluding hydrogens is 220 g/mol. The van der Waals surface area contributed by atoms with Gasteiger partial charge in [0.15, 0.2) is 0 Å². The maximum atomic E-state index is 5.94. The van der Waals surface area contributed by atoms with Crippen LogP contribution in [0.4, 0.5) is 0 Å². The fourth-order valence-corrected chi connectivity index (χ4v) is 4.34. The quantitative estimate of drug-likeness (QED) is 0.834. The molecule has 2 nitrogen and oxygen atoms in total. The molecule has 3 rings (SSSR count). The zero-order valence-electron chi connectivity index (χ0n) is 12.0. The summed E-state index contributed by atoms with van der Waals surface area (Å²) < 4.78 is 0. The molecule has 18 heavy (non-hydrogen) atoms. The second-order valence-corrected chi connectivity index (χ2v) is 7.17. The highest BCUT2D eigenvalue weighted by Crippen LogP contribution is 2.45. The molecule has 0 radical (unpaired) electrons. The van der Waals surface area contributed by atoms with Crippen molar-refractivity contribution in [3.63, 3.8) is 0 Å². The fourth-order valence-electron chi connectivity index (χ4n) is 4.34. The Bertz CT molecular complexity index is 270. The van der Waals surface area contributed by atoms with Gasteiger partial charge in [-0.15, -0.1) is 0 Å². The Morgan fingerprint density at radius 2 is 1.89 bits per heavy atom. The molecule has 2 heteroatoms. The van der Waals surface area contributed by atoms with Gasteiger partial charge in [0, 0.05) is 12.6 Å². The van der Waals surface area contributed by atoms with Crippen LogP contribution in [0, 0.1) is 23.7 Å². The number of rotatable bonds is 3. The van der Waals surface area contributed by atoms with Crippen molar-refractivity contribution in [2.24, 2.45) is 29.4 Å². The standard InChI is InChI=1S/C16H30N2/c1-12-7-8-18(11-15(12)10-17)16-4-2-3-14(9-16)13-5-6-13/h12-16H,2-11,17H2,1H3. The van der Waals surface area contributed by atoms with Crippen molar-refractivity contribution >= 4 is 0 Å². The predicted octanol–water partition coefficient (Wildman–Crippen LogP) is 2.87. The maximum absolute atomic E-state index is 5.94. The van der Waals surface area contributed by atoms with Crippen LogP contribution < -0.4 is 5.73 Å². The molecular formula is C16H30N2. The third-order valence-corrected chi connectivity index (χ3v) is 5.94. The first-order valence-corrected chi connectivity index (χ1v) is 8.22. The first-order chi connectivity index (χ1) is 8.78. The Labute approximate surface area is 112 Å². The van der Waals surface area contributed by atoms with E-state index in [9.17, 15) is 0 Å². The molecule has 1 saturated heterocycles. The summed E-state index contributed by atoms with van der Waals surface area (Å²) in [6.45, 7) is 5.89. The van der Waals surface area contributed by atoms with Gasteiger partial charge < -0.3 is 10.6 Å². The molecule has 3 fully saturated rings. The Hall–Kier alpha value is -0.0800. The molecule has 104 valence electrons. The average molecular weight is 250 g/mol. The number of nitrogens with two attached hydrogens (primary N) is 1. The highest BCUT2D eigenvalue weighted by atomic mass is 15.2. The van der Waals surface area contributed by atoms with E-state index in [-0.39, 0.29) is 0 Å². The monoisotopic (exact) mass is 250 g/mol.